The SMILES string of the molecule is O=C(O)c1nc2nc(-c3ccc(F)cc3)c(N3CCCCC3)nc2o1. The number of halogens is 1. The first-order valence-corrected chi connectivity index (χ1v) is 8.04. The molecule has 1 N–H and O–H groups in total. The van der Waals surface area contributed by atoms with E-state index < -0.39 is 11.9 Å². The van der Waals surface area contributed by atoms with Gasteiger partial charge in [-0.15, -0.1) is 0 Å². The number of carboxylic acids is 1. The highest BCUT2D eigenvalue weighted by Gasteiger charge is 2.23. The minimum Gasteiger partial charge on any atom is -0.474 e. The van der Waals surface area contributed by atoms with Crippen molar-refractivity contribution in [2.75, 3.05) is 18.0 Å². The number of piperidine rings is 1. The van der Waals surface area contributed by atoms with Gasteiger partial charge in [-0.1, -0.05) is 0 Å². The van der Waals surface area contributed by atoms with Gasteiger partial charge in [-0.2, -0.15) is 9.97 Å². The van der Waals surface area contributed by atoms with Crippen LogP contribution in [0, 0.1) is 5.82 Å². The zero-order chi connectivity index (χ0) is 17.4. The Balaban J connectivity index is 1.89. The van der Waals surface area contributed by atoms with Gasteiger partial charge in [-0.05, 0) is 43.5 Å². The molecular formula is C17H15FN4O3. The van der Waals surface area contributed by atoms with E-state index in [0.29, 0.717) is 17.1 Å². The van der Waals surface area contributed by atoms with Gasteiger partial charge in [0.25, 0.3) is 5.71 Å². The first kappa shape index (κ1) is 15.5. The predicted molar refractivity (Wildman–Crippen MR) is 88.0 cm³/mol. The molecule has 1 aromatic carbocycles. The Morgan fingerprint density at radius 1 is 1.08 bits per heavy atom. The number of hydrogen-bond acceptors (Lipinski definition) is 6. The lowest BCUT2D eigenvalue weighted by molar-refractivity contribution is 0.0656. The van der Waals surface area contributed by atoms with Crippen LogP contribution in [-0.4, -0.2) is 39.1 Å². The second-order valence-corrected chi connectivity index (χ2v) is 5.90. The van der Waals surface area contributed by atoms with E-state index in [9.17, 15) is 9.18 Å². The number of carboxylic acid groups (broad SMARTS) is 1. The Labute approximate surface area is 142 Å². The van der Waals surface area contributed by atoms with Crippen LogP contribution in [-0.2, 0) is 0 Å². The molecule has 0 aliphatic carbocycles. The molecular weight excluding hydrogens is 327 g/mol. The standard InChI is InChI=1S/C17H15FN4O3/c18-11-6-4-10(5-7-11)12-14(22-8-2-1-3-9-22)21-15-13(19-12)20-16(25-15)17(23)24/h4-7H,1-3,8-9H2,(H,23,24). The van der Waals surface area contributed by atoms with Crippen LogP contribution < -0.4 is 4.90 Å². The number of anilines is 1. The molecule has 128 valence electrons. The lowest BCUT2D eigenvalue weighted by atomic mass is 10.1. The summed E-state index contributed by atoms with van der Waals surface area (Å²) in [5, 5.41) is 9.06. The van der Waals surface area contributed by atoms with Crippen molar-refractivity contribution >= 4 is 23.1 Å². The number of hydrogen-bond donors (Lipinski definition) is 1. The second kappa shape index (κ2) is 6.12. The summed E-state index contributed by atoms with van der Waals surface area (Å²) in [5.74, 6) is -1.46. The summed E-state index contributed by atoms with van der Waals surface area (Å²) in [6.07, 6.45) is 3.24. The van der Waals surface area contributed by atoms with Crippen molar-refractivity contribution in [1.82, 2.24) is 15.0 Å². The maximum Gasteiger partial charge on any atom is 0.392 e. The van der Waals surface area contributed by atoms with Crippen molar-refractivity contribution in [2.45, 2.75) is 19.3 Å². The molecule has 1 aliphatic rings. The summed E-state index contributed by atoms with van der Waals surface area (Å²) < 4.78 is 18.5. The van der Waals surface area contributed by atoms with Crippen LogP contribution in [0.5, 0.6) is 0 Å². The second-order valence-electron chi connectivity index (χ2n) is 5.90. The van der Waals surface area contributed by atoms with E-state index in [-0.39, 0.29) is 17.2 Å². The third-order valence-electron chi connectivity index (χ3n) is 4.19. The summed E-state index contributed by atoms with van der Waals surface area (Å²) in [6, 6.07) is 5.95. The van der Waals surface area contributed by atoms with Crippen LogP contribution in [0.2, 0.25) is 0 Å². The lowest BCUT2D eigenvalue weighted by Crippen LogP contribution is -2.30. The van der Waals surface area contributed by atoms with Crippen molar-refractivity contribution in [2.24, 2.45) is 0 Å². The third kappa shape index (κ3) is 2.90. The molecule has 2 aromatic heterocycles. The largest absolute Gasteiger partial charge is 0.474 e. The van der Waals surface area contributed by atoms with E-state index in [1.807, 2.05) is 0 Å². The molecule has 8 heteroatoms. The number of oxazole rings is 1. The van der Waals surface area contributed by atoms with Gasteiger partial charge < -0.3 is 14.4 Å². The van der Waals surface area contributed by atoms with Gasteiger partial charge >= 0.3 is 11.9 Å². The number of rotatable bonds is 3. The maximum absolute atomic E-state index is 13.3. The lowest BCUT2D eigenvalue weighted by Gasteiger charge is -2.28. The van der Waals surface area contributed by atoms with Crippen molar-refractivity contribution in [3.63, 3.8) is 0 Å². The summed E-state index contributed by atoms with van der Waals surface area (Å²) in [4.78, 5) is 26.0. The number of aromatic carboxylic acids is 1. The maximum atomic E-state index is 13.3. The van der Waals surface area contributed by atoms with Gasteiger partial charge in [0, 0.05) is 18.7 Å². The minimum atomic E-state index is -1.28. The van der Waals surface area contributed by atoms with Gasteiger partial charge in [0.15, 0.2) is 5.82 Å². The van der Waals surface area contributed by atoms with E-state index in [1.165, 1.54) is 12.1 Å². The Morgan fingerprint density at radius 2 is 1.80 bits per heavy atom. The highest BCUT2D eigenvalue weighted by Crippen LogP contribution is 2.31. The quantitative estimate of drug-likeness (QED) is 0.782. The highest BCUT2D eigenvalue weighted by molar-refractivity contribution is 5.86. The summed E-state index contributed by atoms with van der Waals surface area (Å²) in [7, 11) is 0. The number of aromatic nitrogens is 3. The molecule has 1 fully saturated rings. The van der Waals surface area contributed by atoms with Crippen LogP contribution in [0.25, 0.3) is 22.6 Å². The van der Waals surface area contributed by atoms with E-state index in [4.69, 9.17) is 9.52 Å². The summed E-state index contributed by atoms with van der Waals surface area (Å²) in [6.45, 7) is 1.66. The smallest absolute Gasteiger partial charge is 0.392 e. The third-order valence-corrected chi connectivity index (χ3v) is 4.19. The van der Waals surface area contributed by atoms with Gasteiger partial charge in [0.2, 0.25) is 5.65 Å². The van der Waals surface area contributed by atoms with E-state index in [0.717, 1.165) is 32.4 Å². The number of nitrogens with zero attached hydrogens (tertiary/aromatic N) is 4. The van der Waals surface area contributed by atoms with E-state index in [1.54, 1.807) is 12.1 Å². The molecule has 0 amide bonds. The molecule has 7 nitrogen and oxygen atoms in total. The molecule has 1 saturated heterocycles. The summed E-state index contributed by atoms with van der Waals surface area (Å²) in [5.41, 5.74) is 1.44. The molecule has 0 radical (unpaired) electrons. The van der Waals surface area contributed by atoms with Crippen LogP contribution in [0.15, 0.2) is 28.7 Å². The highest BCUT2D eigenvalue weighted by atomic mass is 19.1. The fourth-order valence-electron chi connectivity index (χ4n) is 2.97. The van der Waals surface area contributed by atoms with Gasteiger partial charge in [0.1, 0.15) is 11.5 Å². The van der Waals surface area contributed by atoms with Crippen molar-refractivity contribution in [1.29, 1.82) is 0 Å². The number of benzene rings is 1. The number of fused-ring (bicyclic) bond motifs is 1. The van der Waals surface area contributed by atoms with E-state index >= 15 is 0 Å². The zero-order valence-corrected chi connectivity index (χ0v) is 13.3. The molecule has 1 aliphatic heterocycles. The Kier molecular flexibility index (Phi) is 3.79. The topological polar surface area (TPSA) is 92.3 Å². The fraction of sp³-hybridized carbons (Fsp3) is 0.294. The van der Waals surface area contributed by atoms with Crippen LogP contribution in [0.1, 0.15) is 29.9 Å². The Hall–Kier alpha value is -3.03. The molecule has 0 spiro atoms. The Morgan fingerprint density at radius 3 is 2.48 bits per heavy atom. The molecule has 0 saturated carbocycles. The molecule has 0 unspecified atom stereocenters. The van der Waals surface area contributed by atoms with E-state index in [2.05, 4.69) is 19.9 Å². The molecule has 4 rings (SSSR count). The van der Waals surface area contributed by atoms with Gasteiger partial charge in [-0.3, -0.25) is 0 Å². The normalized spacial score (nSPS) is 14.8. The summed E-state index contributed by atoms with van der Waals surface area (Å²) >= 11 is 0. The molecule has 25 heavy (non-hydrogen) atoms. The van der Waals surface area contributed by atoms with Crippen LogP contribution >= 0.6 is 0 Å². The van der Waals surface area contributed by atoms with Crippen molar-refractivity contribution in [3.05, 3.63) is 36.0 Å². The fourth-order valence-corrected chi connectivity index (χ4v) is 2.97. The monoisotopic (exact) mass is 342 g/mol. The van der Waals surface area contributed by atoms with Gasteiger partial charge in [-0.25, -0.2) is 14.2 Å². The average molecular weight is 342 g/mol. The molecule has 0 bridgehead atoms. The zero-order valence-electron chi connectivity index (χ0n) is 13.3. The first-order valence-electron chi connectivity index (χ1n) is 8.04. The molecule has 0 atom stereocenters. The minimum absolute atomic E-state index is 0.0869. The molecule has 3 aromatic rings. The first-order chi connectivity index (χ1) is 12.1. The predicted octanol–water partition coefficient (Wildman–Crippen LogP) is 3.11. The Bertz CT molecular complexity index is 933. The van der Waals surface area contributed by atoms with Crippen LogP contribution in [0.3, 0.4) is 0 Å². The average Bonchev–Trinajstić information content (AvgIpc) is 3.05. The van der Waals surface area contributed by atoms with Crippen molar-refractivity contribution < 1.29 is 18.7 Å². The van der Waals surface area contributed by atoms with Gasteiger partial charge in [0.05, 0.1) is 0 Å². The molecule has 3 heterocycles. The van der Waals surface area contributed by atoms with Crippen molar-refractivity contribution in [3.8, 4) is 11.3 Å². The van der Waals surface area contributed by atoms with Crippen LogP contribution in [0.4, 0.5) is 10.2 Å². The number of carbonyl (C=O) groups is 1.